The third kappa shape index (κ3) is 2.61. The summed E-state index contributed by atoms with van der Waals surface area (Å²) in [5.74, 6) is 0.925. The summed E-state index contributed by atoms with van der Waals surface area (Å²) in [5.41, 5.74) is 4.84. The summed E-state index contributed by atoms with van der Waals surface area (Å²) in [6.07, 6.45) is 0.876. The van der Waals surface area contributed by atoms with Crippen LogP contribution in [0.4, 0.5) is 0 Å². The van der Waals surface area contributed by atoms with Crippen LogP contribution in [0.3, 0.4) is 0 Å². The summed E-state index contributed by atoms with van der Waals surface area (Å²) < 4.78 is 5.31. The second kappa shape index (κ2) is 5.66. The molecule has 0 aliphatic heterocycles. The van der Waals surface area contributed by atoms with Gasteiger partial charge in [-0.3, -0.25) is 0 Å². The first-order valence-corrected chi connectivity index (χ1v) is 5.39. The molecule has 0 radical (unpaired) electrons. The number of benzene rings is 1. The molecule has 0 spiro atoms. The molecule has 0 saturated carbocycles. The first-order valence-electron chi connectivity index (χ1n) is 5.39. The minimum atomic E-state index is 0.393. The number of hydrogen-bond donors (Lipinski definition) is 1. The zero-order valence-corrected chi connectivity index (χ0v) is 10.4. The van der Waals surface area contributed by atoms with Crippen molar-refractivity contribution in [2.24, 2.45) is 0 Å². The smallest absolute Gasteiger partial charge is 0.133 e. The molecule has 0 amide bonds. The van der Waals surface area contributed by atoms with Crippen molar-refractivity contribution in [3.05, 3.63) is 28.3 Å². The predicted octanol–water partition coefficient (Wildman–Crippen LogP) is 1.91. The molecule has 1 N–H and O–H groups in total. The highest BCUT2D eigenvalue weighted by atomic mass is 16.5. The summed E-state index contributed by atoms with van der Waals surface area (Å²) in [7, 11) is 1.69. The highest BCUT2D eigenvalue weighted by Gasteiger charge is 2.09. The van der Waals surface area contributed by atoms with Crippen molar-refractivity contribution in [3.8, 4) is 5.75 Å². The maximum absolute atomic E-state index is 10.2. The Balaban J connectivity index is 3.00. The standard InChI is InChI=1S/C13H19NO2/c1-9-7-13(16-4)11(3)10(2)12(9)8-14-5-6-15/h6-7,14H,5,8H2,1-4H3. The van der Waals surface area contributed by atoms with E-state index in [1.54, 1.807) is 7.11 Å². The van der Waals surface area contributed by atoms with Crippen LogP contribution in [0.25, 0.3) is 0 Å². The van der Waals surface area contributed by atoms with Gasteiger partial charge in [0.2, 0.25) is 0 Å². The molecule has 0 bridgehead atoms. The molecule has 0 atom stereocenters. The van der Waals surface area contributed by atoms with Crippen LogP contribution in [0.15, 0.2) is 6.07 Å². The molecule has 0 fully saturated rings. The summed E-state index contributed by atoms with van der Waals surface area (Å²) in [5, 5.41) is 3.09. The molecule has 88 valence electrons. The van der Waals surface area contributed by atoms with Crippen LogP contribution in [-0.4, -0.2) is 19.9 Å². The average molecular weight is 221 g/mol. The molecular formula is C13H19NO2. The maximum atomic E-state index is 10.2. The van der Waals surface area contributed by atoms with Gasteiger partial charge in [0, 0.05) is 6.54 Å². The van der Waals surface area contributed by atoms with Gasteiger partial charge in [-0.05, 0) is 49.1 Å². The Bertz CT molecular complexity index is 386. The zero-order valence-electron chi connectivity index (χ0n) is 10.4. The SMILES string of the molecule is COc1cc(C)c(CNCC=O)c(C)c1C. The van der Waals surface area contributed by atoms with E-state index in [-0.39, 0.29) is 0 Å². The van der Waals surface area contributed by atoms with E-state index in [0.717, 1.165) is 24.1 Å². The first-order chi connectivity index (χ1) is 7.61. The van der Waals surface area contributed by atoms with E-state index in [1.165, 1.54) is 16.7 Å². The Kier molecular flexibility index (Phi) is 4.50. The molecule has 0 aromatic heterocycles. The highest BCUT2D eigenvalue weighted by molar-refractivity contribution is 5.52. The van der Waals surface area contributed by atoms with Gasteiger partial charge < -0.3 is 14.8 Å². The van der Waals surface area contributed by atoms with Crippen molar-refractivity contribution in [3.63, 3.8) is 0 Å². The normalized spacial score (nSPS) is 10.2. The van der Waals surface area contributed by atoms with Gasteiger partial charge in [0.05, 0.1) is 13.7 Å². The molecule has 16 heavy (non-hydrogen) atoms. The largest absolute Gasteiger partial charge is 0.496 e. The van der Waals surface area contributed by atoms with E-state index in [4.69, 9.17) is 4.74 Å². The number of ether oxygens (including phenoxy) is 1. The van der Waals surface area contributed by atoms with Gasteiger partial charge in [-0.15, -0.1) is 0 Å². The molecule has 0 saturated heterocycles. The summed E-state index contributed by atoms with van der Waals surface area (Å²) in [4.78, 5) is 10.2. The fraction of sp³-hybridized carbons (Fsp3) is 0.462. The Hall–Kier alpha value is -1.35. The maximum Gasteiger partial charge on any atom is 0.133 e. The Labute approximate surface area is 96.8 Å². The molecule has 1 rings (SSSR count). The van der Waals surface area contributed by atoms with Gasteiger partial charge in [-0.1, -0.05) is 0 Å². The Morgan fingerprint density at radius 1 is 1.31 bits per heavy atom. The van der Waals surface area contributed by atoms with Crippen LogP contribution in [0.1, 0.15) is 22.3 Å². The van der Waals surface area contributed by atoms with Gasteiger partial charge in [0.25, 0.3) is 0 Å². The molecule has 1 aromatic carbocycles. The van der Waals surface area contributed by atoms with Gasteiger partial charge >= 0.3 is 0 Å². The van der Waals surface area contributed by atoms with Crippen LogP contribution >= 0.6 is 0 Å². The number of aldehydes is 1. The minimum Gasteiger partial charge on any atom is -0.496 e. The first kappa shape index (κ1) is 12.7. The lowest BCUT2D eigenvalue weighted by Crippen LogP contribution is -2.17. The van der Waals surface area contributed by atoms with Crippen molar-refractivity contribution in [1.29, 1.82) is 0 Å². The third-order valence-electron chi connectivity index (χ3n) is 2.96. The number of carbonyl (C=O) groups is 1. The summed E-state index contributed by atoms with van der Waals surface area (Å²) >= 11 is 0. The van der Waals surface area contributed by atoms with Crippen LogP contribution < -0.4 is 10.1 Å². The molecule has 0 aliphatic carbocycles. The highest BCUT2D eigenvalue weighted by Crippen LogP contribution is 2.27. The number of rotatable bonds is 5. The number of hydrogen-bond acceptors (Lipinski definition) is 3. The van der Waals surface area contributed by atoms with E-state index >= 15 is 0 Å². The van der Waals surface area contributed by atoms with Gasteiger partial charge in [-0.25, -0.2) is 0 Å². The van der Waals surface area contributed by atoms with Crippen LogP contribution in [0, 0.1) is 20.8 Å². The number of carbonyl (C=O) groups excluding carboxylic acids is 1. The summed E-state index contributed by atoms with van der Waals surface area (Å²) in [6.45, 7) is 7.32. The fourth-order valence-electron chi connectivity index (χ4n) is 1.84. The molecule has 3 heteroatoms. The number of aryl methyl sites for hydroxylation is 1. The molecule has 1 aromatic rings. The summed E-state index contributed by atoms with van der Waals surface area (Å²) in [6, 6.07) is 2.04. The Morgan fingerprint density at radius 2 is 2.00 bits per heavy atom. The second-order valence-electron chi connectivity index (χ2n) is 3.92. The second-order valence-corrected chi connectivity index (χ2v) is 3.92. The van der Waals surface area contributed by atoms with Gasteiger partial charge in [-0.2, -0.15) is 0 Å². The average Bonchev–Trinajstić information content (AvgIpc) is 2.28. The number of methoxy groups -OCH3 is 1. The van der Waals surface area contributed by atoms with E-state index in [1.807, 2.05) is 6.07 Å². The third-order valence-corrected chi connectivity index (χ3v) is 2.96. The van der Waals surface area contributed by atoms with Crippen molar-refractivity contribution in [2.45, 2.75) is 27.3 Å². The zero-order chi connectivity index (χ0) is 12.1. The van der Waals surface area contributed by atoms with Gasteiger partial charge in [0.15, 0.2) is 0 Å². The molecule has 0 aliphatic rings. The van der Waals surface area contributed by atoms with E-state index in [9.17, 15) is 4.79 Å². The van der Waals surface area contributed by atoms with Crippen LogP contribution in [0.2, 0.25) is 0 Å². The minimum absolute atomic E-state index is 0.393. The van der Waals surface area contributed by atoms with Crippen LogP contribution in [0.5, 0.6) is 5.75 Å². The van der Waals surface area contributed by atoms with Crippen molar-refractivity contribution >= 4 is 6.29 Å². The van der Waals surface area contributed by atoms with Crippen molar-refractivity contribution in [1.82, 2.24) is 5.32 Å². The predicted molar refractivity (Wildman–Crippen MR) is 65.0 cm³/mol. The Morgan fingerprint density at radius 3 is 2.56 bits per heavy atom. The van der Waals surface area contributed by atoms with Crippen LogP contribution in [-0.2, 0) is 11.3 Å². The van der Waals surface area contributed by atoms with E-state index in [2.05, 4.69) is 26.1 Å². The van der Waals surface area contributed by atoms with E-state index < -0.39 is 0 Å². The quantitative estimate of drug-likeness (QED) is 0.609. The lowest BCUT2D eigenvalue weighted by atomic mass is 9.97. The molecular weight excluding hydrogens is 202 g/mol. The lowest BCUT2D eigenvalue weighted by molar-refractivity contribution is -0.107. The lowest BCUT2D eigenvalue weighted by Gasteiger charge is -2.16. The molecule has 3 nitrogen and oxygen atoms in total. The van der Waals surface area contributed by atoms with Crippen molar-refractivity contribution in [2.75, 3.05) is 13.7 Å². The fourth-order valence-corrected chi connectivity index (χ4v) is 1.84. The number of nitrogens with one attached hydrogen (secondary N) is 1. The monoisotopic (exact) mass is 221 g/mol. The van der Waals surface area contributed by atoms with E-state index in [0.29, 0.717) is 6.54 Å². The van der Waals surface area contributed by atoms with Crippen molar-refractivity contribution < 1.29 is 9.53 Å². The topological polar surface area (TPSA) is 38.3 Å². The molecule has 0 unspecified atom stereocenters. The van der Waals surface area contributed by atoms with Gasteiger partial charge in [0.1, 0.15) is 12.0 Å². The molecule has 0 heterocycles.